The molecule has 28 heavy (non-hydrogen) atoms. The summed E-state index contributed by atoms with van der Waals surface area (Å²) in [7, 11) is 0.150. The van der Waals surface area contributed by atoms with E-state index in [4.69, 9.17) is 9.47 Å². The molecule has 1 fully saturated rings. The highest BCUT2D eigenvalue weighted by Gasteiger charge is 2.32. The highest BCUT2D eigenvalue weighted by molar-refractivity contribution is 7.89. The van der Waals surface area contributed by atoms with E-state index >= 15 is 0 Å². The van der Waals surface area contributed by atoms with Gasteiger partial charge in [0.2, 0.25) is 10.0 Å². The van der Waals surface area contributed by atoms with E-state index in [-0.39, 0.29) is 6.10 Å². The molecular weight excluding hydrogens is 380 g/mol. The molecule has 150 valence electrons. The average molecular weight is 404 g/mol. The van der Waals surface area contributed by atoms with E-state index in [1.165, 1.54) is 4.31 Å². The van der Waals surface area contributed by atoms with Crippen molar-refractivity contribution in [3.8, 4) is 11.6 Å². The van der Waals surface area contributed by atoms with E-state index in [0.717, 1.165) is 30.6 Å². The van der Waals surface area contributed by atoms with E-state index < -0.39 is 10.0 Å². The molecule has 1 unspecified atom stereocenters. The highest BCUT2D eigenvalue weighted by Crippen LogP contribution is 2.30. The van der Waals surface area contributed by atoms with Gasteiger partial charge in [-0.25, -0.2) is 18.4 Å². The lowest BCUT2D eigenvalue weighted by Gasteiger charge is -2.32. The minimum absolute atomic E-state index is 0.267. The van der Waals surface area contributed by atoms with E-state index in [0.29, 0.717) is 36.3 Å². The molecule has 0 saturated carbocycles. The van der Waals surface area contributed by atoms with Gasteiger partial charge in [-0.1, -0.05) is 0 Å². The Morgan fingerprint density at radius 1 is 1.25 bits per heavy atom. The van der Waals surface area contributed by atoms with Crippen molar-refractivity contribution >= 4 is 15.8 Å². The zero-order valence-electron chi connectivity index (χ0n) is 16.0. The Hall–Kier alpha value is -2.39. The maximum absolute atomic E-state index is 13.2. The summed E-state index contributed by atoms with van der Waals surface area (Å²) in [6.07, 6.45) is 5.16. The van der Waals surface area contributed by atoms with Crippen LogP contribution in [0.5, 0.6) is 11.6 Å². The molecule has 8 nitrogen and oxygen atoms in total. The summed E-state index contributed by atoms with van der Waals surface area (Å²) in [5.41, 5.74) is 0.945. The van der Waals surface area contributed by atoms with Crippen molar-refractivity contribution in [3.63, 3.8) is 0 Å². The molecular formula is C19H24N4O4S. The maximum atomic E-state index is 13.2. The Bertz CT molecular complexity index is 964. The van der Waals surface area contributed by atoms with Gasteiger partial charge >= 0.3 is 0 Å². The largest absolute Gasteiger partial charge is 0.493 e. The molecule has 0 amide bonds. The second-order valence-electron chi connectivity index (χ2n) is 7.19. The first-order chi connectivity index (χ1) is 13.4. The van der Waals surface area contributed by atoms with Crippen LogP contribution in [0, 0.1) is 0 Å². The summed E-state index contributed by atoms with van der Waals surface area (Å²) >= 11 is 0. The van der Waals surface area contributed by atoms with E-state index in [9.17, 15) is 8.42 Å². The van der Waals surface area contributed by atoms with Crippen LogP contribution in [0.4, 0.5) is 5.82 Å². The van der Waals surface area contributed by atoms with Gasteiger partial charge in [0.25, 0.3) is 5.88 Å². The zero-order chi connectivity index (χ0) is 19.7. The molecule has 0 bridgehead atoms. The summed E-state index contributed by atoms with van der Waals surface area (Å²) < 4.78 is 39.3. The van der Waals surface area contributed by atoms with Gasteiger partial charge in [0, 0.05) is 39.5 Å². The fourth-order valence-electron chi connectivity index (χ4n) is 3.56. The number of rotatable bonds is 5. The molecule has 0 radical (unpaired) electrons. The van der Waals surface area contributed by atoms with E-state index in [1.807, 2.05) is 19.0 Å². The molecule has 3 heterocycles. The number of anilines is 1. The van der Waals surface area contributed by atoms with E-state index in [1.54, 1.807) is 30.6 Å². The fourth-order valence-corrected chi connectivity index (χ4v) is 5.12. The van der Waals surface area contributed by atoms with Gasteiger partial charge < -0.3 is 14.4 Å². The van der Waals surface area contributed by atoms with Crippen LogP contribution in [0.1, 0.15) is 18.4 Å². The molecule has 2 aliphatic heterocycles. The van der Waals surface area contributed by atoms with Crippen molar-refractivity contribution in [3.05, 3.63) is 36.2 Å². The van der Waals surface area contributed by atoms with Crippen LogP contribution >= 0.6 is 0 Å². The van der Waals surface area contributed by atoms with Gasteiger partial charge in [-0.15, -0.1) is 0 Å². The molecule has 0 spiro atoms. The predicted octanol–water partition coefficient (Wildman–Crippen LogP) is 1.71. The minimum Gasteiger partial charge on any atom is -0.493 e. The summed E-state index contributed by atoms with van der Waals surface area (Å²) in [5.74, 6) is 1.82. The van der Waals surface area contributed by atoms with Crippen molar-refractivity contribution in [1.29, 1.82) is 0 Å². The van der Waals surface area contributed by atoms with Crippen molar-refractivity contribution in [2.24, 2.45) is 0 Å². The Kier molecular flexibility index (Phi) is 5.11. The van der Waals surface area contributed by atoms with Gasteiger partial charge in [0.1, 0.15) is 11.9 Å². The second-order valence-corrected chi connectivity index (χ2v) is 9.13. The van der Waals surface area contributed by atoms with Crippen molar-refractivity contribution in [2.45, 2.75) is 30.3 Å². The molecule has 4 rings (SSSR count). The number of piperidine rings is 1. The van der Waals surface area contributed by atoms with Crippen LogP contribution in [0.15, 0.2) is 35.5 Å². The van der Waals surface area contributed by atoms with Crippen LogP contribution < -0.4 is 14.4 Å². The average Bonchev–Trinajstić information content (AvgIpc) is 3.16. The minimum atomic E-state index is -3.58. The zero-order valence-corrected chi connectivity index (χ0v) is 16.9. The van der Waals surface area contributed by atoms with Gasteiger partial charge in [0.15, 0.2) is 5.82 Å². The van der Waals surface area contributed by atoms with Crippen LogP contribution in [0.3, 0.4) is 0 Å². The Morgan fingerprint density at radius 3 is 2.89 bits per heavy atom. The molecule has 2 aliphatic rings. The first kappa shape index (κ1) is 18.9. The molecule has 9 heteroatoms. The predicted molar refractivity (Wildman–Crippen MR) is 104 cm³/mol. The third kappa shape index (κ3) is 3.64. The SMILES string of the molecule is CN(C)c1nccnc1OC1CCCN(S(=O)(=O)c2ccc3c(c2)CCO3)C1. The normalized spacial score (nSPS) is 19.7. The smallest absolute Gasteiger partial charge is 0.257 e. The highest BCUT2D eigenvalue weighted by atomic mass is 32.2. The van der Waals surface area contributed by atoms with Crippen molar-refractivity contribution in [2.75, 3.05) is 38.7 Å². The molecule has 1 aromatic heterocycles. The summed E-state index contributed by atoms with van der Waals surface area (Å²) in [4.78, 5) is 10.7. The van der Waals surface area contributed by atoms with Gasteiger partial charge in [-0.2, -0.15) is 4.31 Å². The Balaban J connectivity index is 1.52. The lowest BCUT2D eigenvalue weighted by Crippen LogP contribution is -2.44. The molecule has 2 aromatic rings. The summed E-state index contributed by atoms with van der Waals surface area (Å²) in [6.45, 7) is 1.38. The summed E-state index contributed by atoms with van der Waals surface area (Å²) in [6, 6.07) is 5.10. The number of hydrogen-bond donors (Lipinski definition) is 0. The third-order valence-corrected chi connectivity index (χ3v) is 6.85. The molecule has 1 saturated heterocycles. The maximum Gasteiger partial charge on any atom is 0.257 e. The topological polar surface area (TPSA) is 84.9 Å². The van der Waals surface area contributed by atoms with Gasteiger partial charge in [-0.3, -0.25) is 0 Å². The monoisotopic (exact) mass is 404 g/mol. The first-order valence-electron chi connectivity index (χ1n) is 9.36. The lowest BCUT2D eigenvalue weighted by molar-refractivity contribution is 0.125. The Morgan fingerprint density at radius 2 is 2.07 bits per heavy atom. The fraction of sp³-hybridized carbons (Fsp3) is 0.474. The van der Waals surface area contributed by atoms with E-state index in [2.05, 4.69) is 9.97 Å². The quantitative estimate of drug-likeness (QED) is 0.750. The number of fused-ring (bicyclic) bond motifs is 1. The van der Waals surface area contributed by atoms with Crippen molar-refractivity contribution < 1.29 is 17.9 Å². The summed E-state index contributed by atoms with van der Waals surface area (Å²) in [5, 5.41) is 0. The molecule has 0 aliphatic carbocycles. The number of ether oxygens (including phenoxy) is 2. The van der Waals surface area contributed by atoms with Crippen LogP contribution in [0.25, 0.3) is 0 Å². The van der Waals surface area contributed by atoms with Crippen LogP contribution in [-0.4, -0.2) is 62.6 Å². The van der Waals surface area contributed by atoms with Crippen LogP contribution in [-0.2, 0) is 16.4 Å². The van der Waals surface area contributed by atoms with Crippen LogP contribution in [0.2, 0.25) is 0 Å². The third-order valence-electron chi connectivity index (χ3n) is 4.99. The second kappa shape index (κ2) is 7.56. The number of nitrogens with zero attached hydrogens (tertiary/aromatic N) is 4. The number of hydrogen-bond acceptors (Lipinski definition) is 7. The van der Waals surface area contributed by atoms with Gasteiger partial charge in [0.05, 0.1) is 18.0 Å². The number of benzene rings is 1. The molecule has 0 N–H and O–H groups in total. The standard InChI is InChI=1S/C19H24N4O4S/c1-22(2)18-19(21-9-8-20-18)27-15-4-3-10-23(13-15)28(24,25)16-5-6-17-14(12-16)7-11-26-17/h5-6,8-9,12,15H,3-4,7,10-11,13H2,1-2H3. The first-order valence-corrected chi connectivity index (χ1v) is 10.8. The molecule has 1 aromatic carbocycles. The number of aromatic nitrogens is 2. The Labute approximate surface area is 165 Å². The molecule has 1 atom stereocenters. The lowest BCUT2D eigenvalue weighted by atomic mass is 10.1. The number of sulfonamides is 1. The van der Waals surface area contributed by atoms with Gasteiger partial charge in [-0.05, 0) is 36.6 Å². The van der Waals surface area contributed by atoms with Crippen molar-refractivity contribution in [1.82, 2.24) is 14.3 Å².